The molecule has 1 aliphatic heterocycles. The first-order valence-electron chi connectivity index (χ1n) is 6.35. The maximum atomic E-state index is 12.2. The molecule has 0 aliphatic carbocycles. The molecule has 21 heavy (non-hydrogen) atoms. The number of fused-ring (bicyclic) bond motifs is 1. The van der Waals surface area contributed by atoms with E-state index in [-0.39, 0.29) is 5.91 Å². The molecule has 4 nitrogen and oxygen atoms in total. The second kappa shape index (κ2) is 5.26. The molecule has 0 unspecified atom stereocenters. The zero-order valence-corrected chi connectivity index (χ0v) is 12.9. The smallest absolute Gasteiger partial charge is 0.258 e. The maximum Gasteiger partial charge on any atom is 0.258 e. The van der Waals surface area contributed by atoms with Crippen LogP contribution in [0.5, 0.6) is 5.75 Å². The second-order valence-electron chi connectivity index (χ2n) is 4.66. The molecule has 0 spiro atoms. The first kappa shape index (κ1) is 13.7. The third-order valence-electron chi connectivity index (χ3n) is 3.40. The van der Waals surface area contributed by atoms with E-state index in [0.717, 1.165) is 27.0 Å². The Morgan fingerprint density at radius 1 is 1.19 bits per heavy atom. The monoisotopic (exact) mass is 344 g/mol. The van der Waals surface area contributed by atoms with Crippen LogP contribution in [0.15, 0.2) is 46.9 Å². The van der Waals surface area contributed by atoms with Gasteiger partial charge in [-0.05, 0) is 48.0 Å². The summed E-state index contributed by atoms with van der Waals surface area (Å²) in [5.41, 5.74) is 9.52. The van der Waals surface area contributed by atoms with Crippen LogP contribution in [0.2, 0.25) is 0 Å². The number of benzene rings is 2. The highest BCUT2D eigenvalue weighted by molar-refractivity contribution is 9.10. The van der Waals surface area contributed by atoms with Crippen LogP contribution in [-0.4, -0.2) is 13.0 Å². The Morgan fingerprint density at radius 2 is 1.90 bits per heavy atom. The summed E-state index contributed by atoms with van der Waals surface area (Å²) in [6.07, 6.45) is 0. The van der Waals surface area contributed by atoms with Gasteiger partial charge in [0.1, 0.15) is 5.75 Å². The van der Waals surface area contributed by atoms with Crippen LogP contribution in [0.25, 0.3) is 11.3 Å². The highest BCUT2D eigenvalue weighted by atomic mass is 79.9. The molecule has 0 aromatic heterocycles. The Labute approximate surface area is 130 Å². The number of nitrogens with two attached hydrogens (primary N) is 1. The summed E-state index contributed by atoms with van der Waals surface area (Å²) in [6.45, 7) is 0. The quantitative estimate of drug-likeness (QED) is 0.822. The van der Waals surface area contributed by atoms with Gasteiger partial charge in [-0.3, -0.25) is 4.79 Å². The molecule has 2 aromatic carbocycles. The number of hydrogen-bond donors (Lipinski definition) is 2. The number of carbonyl (C=O) groups is 1. The molecule has 1 heterocycles. The lowest BCUT2D eigenvalue weighted by Gasteiger charge is -2.07. The molecule has 0 saturated heterocycles. The van der Waals surface area contributed by atoms with E-state index in [0.29, 0.717) is 11.3 Å². The van der Waals surface area contributed by atoms with Gasteiger partial charge in [0, 0.05) is 15.7 Å². The number of ether oxygens (including phenoxy) is 1. The van der Waals surface area contributed by atoms with Crippen molar-refractivity contribution in [2.24, 2.45) is 5.73 Å². The van der Waals surface area contributed by atoms with Gasteiger partial charge in [0.05, 0.1) is 18.4 Å². The number of amides is 1. The van der Waals surface area contributed by atoms with Gasteiger partial charge in [0.15, 0.2) is 0 Å². The molecule has 0 radical (unpaired) electrons. The number of nitrogens with one attached hydrogen (secondary N) is 1. The molecular weight excluding hydrogens is 332 g/mol. The van der Waals surface area contributed by atoms with E-state index in [1.807, 2.05) is 42.5 Å². The molecule has 3 rings (SSSR count). The van der Waals surface area contributed by atoms with Crippen LogP contribution >= 0.6 is 15.9 Å². The summed E-state index contributed by atoms with van der Waals surface area (Å²) < 4.78 is 6.03. The van der Waals surface area contributed by atoms with Gasteiger partial charge in [-0.25, -0.2) is 0 Å². The summed E-state index contributed by atoms with van der Waals surface area (Å²) in [5.74, 6) is 0.562. The lowest BCUT2D eigenvalue weighted by molar-refractivity contribution is -0.110. The third-order valence-corrected chi connectivity index (χ3v) is 3.89. The summed E-state index contributed by atoms with van der Waals surface area (Å²) in [5, 5.41) is 2.83. The zero-order valence-electron chi connectivity index (χ0n) is 11.3. The second-order valence-corrected chi connectivity index (χ2v) is 5.58. The molecule has 0 bridgehead atoms. The third kappa shape index (κ3) is 2.40. The average Bonchev–Trinajstić information content (AvgIpc) is 2.82. The fourth-order valence-electron chi connectivity index (χ4n) is 2.32. The minimum absolute atomic E-state index is 0.184. The number of carbonyl (C=O) groups excluding carboxylic acids is 1. The molecule has 1 amide bonds. The fraction of sp³-hybridized carbons (Fsp3) is 0.0625. The molecule has 0 atom stereocenters. The minimum Gasteiger partial charge on any atom is -0.497 e. The lowest BCUT2D eigenvalue weighted by Crippen LogP contribution is -2.09. The van der Waals surface area contributed by atoms with E-state index in [2.05, 4.69) is 21.2 Å². The van der Waals surface area contributed by atoms with E-state index in [4.69, 9.17) is 10.5 Å². The van der Waals surface area contributed by atoms with Gasteiger partial charge in [-0.15, -0.1) is 0 Å². The molecule has 0 saturated carbocycles. The molecule has 5 heteroatoms. The molecule has 1 aliphatic rings. The van der Waals surface area contributed by atoms with Crippen LogP contribution in [0.4, 0.5) is 5.69 Å². The Hall–Kier alpha value is -2.27. The first-order valence-corrected chi connectivity index (χ1v) is 7.15. The molecule has 0 fully saturated rings. The number of anilines is 1. The van der Waals surface area contributed by atoms with Crippen molar-refractivity contribution >= 4 is 38.8 Å². The number of halogens is 1. The van der Waals surface area contributed by atoms with Crippen molar-refractivity contribution in [3.63, 3.8) is 0 Å². The Kier molecular flexibility index (Phi) is 3.43. The number of rotatable bonds is 2. The van der Waals surface area contributed by atoms with Crippen LogP contribution in [-0.2, 0) is 4.79 Å². The average molecular weight is 345 g/mol. The first-order chi connectivity index (χ1) is 10.1. The molecule has 106 valence electrons. The van der Waals surface area contributed by atoms with Crippen molar-refractivity contribution in [2.75, 3.05) is 12.4 Å². The van der Waals surface area contributed by atoms with Gasteiger partial charge in [0.2, 0.25) is 0 Å². The van der Waals surface area contributed by atoms with Crippen LogP contribution < -0.4 is 15.8 Å². The standard InChI is InChI=1S/C16H13BrN2O2/c1-21-11-5-2-9(3-6-11)15(18)14-12-8-10(17)4-7-13(12)19-16(14)20/h2-8H,18H2,1H3,(H,19,20). The largest absolute Gasteiger partial charge is 0.497 e. The van der Waals surface area contributed by atoms with Crippen LogP contribution in [0, 0.1) is 0 Å². The van der Waals surface area contributed by atoms with E-state index in [1.54, 1.807) is 7.11 Å². The molecular formula is C16H13BrN2O2. The Morgan fingerprint density at radius 3 is 2.57 bits per heavy atom. The topological polar surface area (TPSA) is 64.3 Å². The van der Waals surface area contributed by atoms with Crippen LogP contribution in [0.1, 0.15) is 11.1 Å². The number of methoxy groups -OCH3 is 1. The summed E-state index contributed by atoms with van der Waals surface area (Å²) >= 11 is 3.42. The highest BCUT2D eigenvalue weighted by Gasteiger charge is 2.27. The van der Waals surface area contributed by atoms with E-state index in [1.165, 1.54) is 0 Å². The van der Waals surface area contributed by atoms with E-state index in [9.17, 15) is 4.79 Å². The van der Waals surface area contributed by atoms with Crippen molar-refractivity contribution in [1.29, 1.82) is 0 Å². The Balaban J connectivity index is 2.13. The fourth-order valence-corrected chi connectivity index (χ4v) is 2.68. The van der Waals surface area contributed by atoms with Crippen LogP contribution in [0.3, 0.4) is 0 Å². The van der Waals surface area contributed by atoms with Crippen molar-refractivity contribution in [1.82, 2.24) is 0 Å². The van der Waals surface area contributed by atoms with Crippen molar-refractivity contribution in [3.05, 3.63) is 58.1 Å². The van der Waals surface area contributed by atoms with Gasteiger partial charge in [-0.1, -0.05) is 15.9 Å². The highest BCUT2D eigenvalue weighted by Crippen LogP contribution is 2.37. The summed E-state index contributed by atoms with van der Waals surface area (Å²) in [6, 6.07) is 12.9. The predicted octanol–water partition coefficient (Wildman–Crippen LogP) is 3.24. The molecule has 3 N–H and O–H groups in total. The Bertz CT molecular complexity index is 751. The van der Waals surface area contributed by atoms with Gasteiger partial charge < -0.3 is 15.8 Å². The zero-order chi connectivity index (χ0) is 15.0. The number of hydrogen-bond acceptors (Lipinski definition) is 3. The van der Waals surface area contributed by atoms with Gasteiger partial charge in [0.25, 0.3) is 5.91 Å². The van der Waals surface area contributed by atoms with Crippen molar-refractivity contribution < 1.29 is 9.53 Å². The summed E-state index contributed by atoms with van der Waals surface area (Å²) in [4.78, 5) is 12.2. The van der Waals surface area contributed by atoms with Crippen molar-refractivity contribution in [3.8, 4) is 5.75 Å². The van der Waals surface area contributed by atoms with Gasteiger partial charge in [-0.2, -0.15) is 0 Å². The van der Waals surface area contributed by atoms with E-state index < -0.39 is 0 Å². The SMILES string of the molecule is COc1ccc(C(N)=C2C(=O)Nc3ccc(Br)cc32)cc1. The minimum atomic E-state index is -0.184. The summed E-state index contributed by atoms with van der Waals surface area (Å²) in [7, 11) is 1.61. The molecule has 2 aromatic rings. The van der Waals surface area contributed by atoms with Gasteiger partial charge >= 0.3 is 0 Å². The van der Waals surface area contributed by atoms with Crippen molar-refractivity contribution in [2.45, 2.75) is 0 Å². The lowest BCUT2D eigenvalue weighted by atomic mass is 10.0. The normalized spacial score (nSPS) is 15.4. The van der Waals surface area contributed by atoms with E-state index >= 15 is 0 Å². The predicted molar refractivity (Wildman–Crippen MR) is 86.8 cm³/mol. The maximum absolute atomic E-state index is 12.2.